The van der Waals surface area contributed by atoms with E-state index in [2.05, 4.69) is 10.1 Å². The van der Waals surface area contributed by atoms with Crippen LogP contribution < -0.4 is 0 Å². The maximum atomic E-state index is 12.3. The van der Waals surface area contributed by atoms with Crippen LogP contribution in [0.5, 0.6) is 0 Å². The van der Waals surface area contributed by atoms with E-state index >= 15 is 0 Å². The van der Waals surface area contributed by atoms with Gasteiger partial charge >= 0.3 is 0 Å². The highest BCUT2D eigenvalue weighted by atomic mass is 35.5. The fourth-order valence-electron chi connectivity index (χ4n) is 1.64. The molecule has 1 heterocycles. The fraction of sp³-hybridized carbons (Fsp3) is 0.214. The Morgan fingerprint density at radius 1 is 1.35 bits per heavy atom. The Morgan fingerprint density at radius 2 is 2.10 bits per heavy atom. The van der Waals surface area contributed by atoms with Crippen molar-refractivity contribution in [2.24, 2.45) is 5.92 Å². The Hall–Kier alpha value is -1.65. The van der Waals surface area contributed by atoms with E-state index in [9.17, 15) is 4.79 Å². The Balaban J connectivity index is 2.51. The molecule has 0 aliphatic rings. The number of halogens is 2. The normalized spacial score (nSPS) is 11.9. The highest BCUT2D eigenvalue weighted by Crippen LogP contribution is 2.25. The van der Waals surface area contributed by atoms with Gasteiger partial charge in [-0.3, -0.25) is 4.79 Å². The molecule has 2 rings (SSSR count). The van der Waals surface area contributed by atoms with E-state index in [0.29, 0.717) is 21.3 Å². The lowest BCUT2D eigenvalue weighted by molar-refractivity contribution is -0.116. The molecule has 0 spiro atoms. The van der Waals surface area contributed by atoms with E-state index in [1.807, 2.05) is 13.8 Å². The number of rotatable bonds is 4. The summed E-state index contributed by atoms with van der Waals surface area (Å²) in [5.74, 6) is -0.196. The summed E-state index contributed by atoms with van der Waals surface area (Å²) in [6.45, 7) is 3.66. The van der Waals surface area contributed by atoms with Gasteiger partial charge in [0.2, 0.25) is 0 Å². The van der Waals surface area contributed by atoms with Crippen molar-refractivity contribution in [3.8, 4) is 0 Å². The monoisotopic (exact) mass is 309 g/mol. The van der Waals surface area contributed by atoms with E-state index in [1.54, 1.807) is 24.3 Å². The van der Waals surface area contributed by atoms with Crippen LogP contribution in [0.25, 0.3) is 11.8 Å². The molecule has 0 fully saturated rings. The van der Waals surface area contributed by atoms with Crippen molar-refractivity contribution in [1.82, 2.24) is 14.8 Å². The second kappa shape index (κ2) is 6.20. The van der Waals surface area contributed by atoms with Crippen LogP contribution in [-0.2, 0) is 4.79 Å². The van der Waals surface area contributed by atoms with Crippen LogP contribution in [0.1, 0.15) is 19.4 Å². The van der Waals surface area contributed by atoms with E-state index in [4.69, 9.17) is 23.2 Å². The lowest BCUT2D eigenvalue weighted by Gasteiger charge is -2.09. The number of nitrogens with zero attached hydrogens (tertiary/aromatic N) is 3. The molecule has 2 aromatic rings. The minimum Gasteiger partial charge on any atom is -0.292 e. The molecule has 0 N–H and O–H groups in total. The number of hydrogen-bond donors (Lipinski definition) is 0. The van der Waals surface area contributed by atoms with Crippen molar-refractivity contribution in [1.29, 1.82) is 0 Å². The molecule has 1 aromatic carbocycles. The zero-order chi connectivity index (χ0) is 14.7. The largest absolute Gasteiger partial charge is 0.292 e. The van der Waals surface area contributed by atoms with Gasteiger partial charge in [0.1, 0.15) is 18.4 Å². The van der Waals surface area contributed by atoms with Gasteiger partial charge in [-0.2, -0.15) is 5.10 Å². The number of Topliss-reactive ketones (excluding diaryl/α,β-unsaturated/α-hetero) is 1. The third-order valence-electron chi connectivity index (χ3n) is 2.70. The van der Waals surface area contributed by atoms with Gasteiger partial charge in [0, 0.05) is 16.0 Å². The lowest BCUT2D eigenvalue weighted by Crippen LogP contribution is -2.15. The number of benzene rings is 1. The van der Waals surface area contributed by atoms with Gasteiger partial charge in [-0.15, -0.1) is 0 Å². The first-order valence-electron chi connectivity index (χ1n) is 6.05. The summed E-state index contributed by atoms with van der Waals surface area (Å²) in [5.41, 5.74) is 1.12. The van der Waals surface area contributed by atoms with Gasteiger partial charge in [0.05, 0.1) is 0 Å². The van der Waals surface area contributed by atoms with Crippen molar-refractivity contribution in [3.05, 3.63) is 46.5 Å². The van der Waals surface area contributed by atoms with Gasteiger partial charge in [-0.25, -0.2) is 9.67 Å². The molecule has 20 heavy (non-hydrogen) atoms. The third kappa shape index (κ3) is 3.26. The van der Waals surface area contributed by atoms with E-state index in [1.165, 1.54) is 17.3 Å². The van der Waals surface area contributed by atoms with E-state index in [-0.39, 0.29) is 11.7 Å². The summed E-state index contributed by atoms with van der Waals surface area (Å²) in [6, 6.07) is 5.11. The highest BCUT2D eigenvalue weighted by molar-refractivity contribution is 6.36. The summed E-state index contributed by atoms with van der Waals surface area (Å²) in [5, 5.41) is 5.04. The Morgan fingerprint density at radius 3 is 2.65 bits per heavy atom. The first-order chi connectivity index (χ1) is 9.49. The predicted molar refractivity (Wildman–Crippen MR) is 80.5 cm³/mol. The van der Waals surface area contributed by atoms with Crippen molar-refractivity contribution < 1.29 is 4.79 Å². The molecule has 0 aliphatic heterocycles. The molecular weight excluding hydrogens is 297 g/mol. The van der Waals surface area contributed by atoms with Crippen molar-refractivity contribution >= 4 is 40.8 Å². The van der Waals surface area contributed by atoms with Crippen LogP contribution in [0.3, 0.4) is 0 Å². The second-order valence-corrected chi connectivity index (χ2v) is 5.40. The topological polar surface area (TPSA) is 47.8 Å². The minimum atomic E-state index is -0.156. The quantitative estimate of drug-likeness (QED) is 0.807. The van der Waals surface area contributed by atoms with Crippen molar-refractivity contribution in [3.63, 3.8) is 0 Å². The molecule has 0 amide bonds. The molecule has 4 nitrogen and oxygen atoms in total. The Kier molecular flexibility index (Phi) is 4.57. The first-order valence-corrected chi connectivity index (χ1v) is 6.80. The lowest BCUT2D eigenvalue weighted by atomic mass is 10.0. The zero-order valence-corrected chi connectivity index (χ0v) is 12.6. The van der Waals surface area contributed by atoms with Gasteiger partial charge < -0.3 is 0 Å². The molecule has 0 saturated carbocycles. The minimum absolute atomic E-state index is 0.0403. The van der Waals surface area contributed by atoms with Crippen LogP contribution in [0.4, 0.5) is 0 Å². The molecular formula is C14H13Cl2N3O. The van der Waals surface area contributed by atoms with Gasteiger partial charge in [0.25, 0.3) is 0 Å². The zero-order valence-electron chi connectivity index (χ0n) is 11.0. The number of aromatic nitrogens is 3. The molecule has 0 aliphatic carbocycles. The summed E-state index contributed by atoms with van der Waals surface area (Å²) in [6.07, 6.45) is 4.55. The van der Waals surface area contributed by atoms with Crippen LogP contribution >= 0.6 is 23.2 Å². The third-order valence-corrected chi connectivity index (χ3v) is 3.26. The number of allylic oxidation sites excluding steroid dienone is 1. The summed E-state index contributed by atoms with van der Waals surface area (Å²) < 4.78 is 1.44. The Labute approximate surface area is 127 Å². The Bertz CT molecular complexity index is 648. The average molecular weight is 310 g/mol. The van der Waals surface area contributed by atoms with Crippen LogP contribution in [0, 0.1) is 5.92 Å². The smallest absolute Gasteiger partial charge is 0.183 e. The van der Waals surface area contributed by atoms with E-state index < -0.39 is 0 Å². The summed E-state index contributed by atoms with van der Waals surface area (Å²) in [4.78, 5) is 16.2. The van der Waals surface area contributed by atoms with E-state index in [0.717, 1.165) is 0 Å². The SMILES string of the molecule is CC(C)C(=O)C(=Cc1ccc(Cl)cc1Cl)n1cncn1. The molecule has 0 saturated heterocycles. The number of hydrogen-bond acceptors (Lipinski definition) is 3. The number of carbonyl (C=O) groups excluding carboxylic acids is 1. The molecule has 104 valence electrons. The maximum absolute atomic E-state index is 12.3. The fourth-order valence-corrected chi connectivity index (χ4v) is 2.11. The van der Waals surface area contributed by atoms with Gasteiger partial charge in [-0.1, -0.05) is 43.1 Å². The van der Waals surface area contributed by atoms with Gasteiger partial charge in [-0.05, 0) is 23.8 Å². The number of carbonyl (C=O) groups is 1. The molecule has 6 heteroatoms. The molecule has 1 aromatic heterocycles. The second-order valence-electron chi connectivity index (χ2n) is 4.55. The summed E-state index contributed by atoms with van der Waals surface area (Å²) >= 11 is 12.0. The van der Waals surface area contributed by atoms with Crippen molar-refractivity contribution in [2.45, 2.75) is 13.8 Å². The molecule has 0 radical (unpaired) electrons. The molecule has 0 atom stereocenters. The van der Waals surface area contributed by atoms with Crippen molar-refractivity contribution in [2.75, 3.05) is 0 Å². The van der Waals surface area contributed by atoms with Gasteiger partial charge in [0.15, 0.2) is 5.78 Å². The first kappa shape index (κ1) is 14.8. The highest BCUT2D eigenvalue weighted by Gasteiger charge is 2.17. The summed E-state index contributed by atoms with van der Waals surface area (Å²) in [7, 11) is 0. The standard InChI is InChI=1S/C14H13Cl2N3O/c1-9(2)14(20)13(19-8-17-7-18-19)5-10-3-4-11(15)6-12(10)16/h3-9H,1-2H3. The molecule has 0 bridgehead atoms. The van der Waals surface area contributed by atoms with Crippen LogP contribution in [-0.4, -0.2) is 20.5 Å². The van der Waals surface area contributed by atoms with Crippen LogP contribution in [0.2, 0.25) is 10.0 Å². The molecule has 0 unspecified atom stereocenters. The number of ketones is 1. The maximum Gasteiger partial charge on any atom is 0.183 e. The van der Waals surface area contributed by atoms with Crippen LogP contribution in [0.15, 0.2) is 30.9 Å². The predicted octanol–water partition coefficient (Wildman–Crippen LogP) is 3.81. The average Bonchev–Trinajstić information content (AvgIpc) is 2.90.